The molecule has 1 N–H and O–H groups in total. The van der Waals surface area contributed by atoms with Gasteiger partial charge in [0.25, 0.3) is 0 Å². The standard InChI is InChI=1S/C23H27N3O4/c1-3-26(17-10-6-4-7-11-17)23-18-14-21(30-13-9-5-8-12-22(27)28)20(29-2)15-19(18)24-16-25-23/h4,6-7,10-11,14-16H,3,5,8-9,12-13H2,1-2H3,(H,27,28). The molecule has 0 saturated heterocycles. The van der Waals surface area contributed by atoms with Gasteiger partial charge in [0.2, 0.25) is 0 Å². The highest BCUT2D eigenvalue weighted by Gasteiger charge is 2.16. The first kappa shape index (κ1) is 21.4. The molecular formula is C23H27N3O4. The van der Waals surface area contributed by atoms with Gasteiger partial charge in [0.1, 0.15) is 12.1 Å². The molecule has 7 nitrogen and oxygen atoms in total. The Morgan fingerprint density at radius 3 is 2.57 bits per heavy atom. The van der Waals surface area contributed by atoms with E-state index < -0.39 is 5.97 Å². The van der Waals surface area contributed by atoms with Crippen LogP contribution in [0.15, 0.2) is 48.8 Å². The van der Waals surface area contributed by atoms with E-state index in [2.05, 4.69) is 33.9 Å². The van der Waals surface area contributed by atoms with E-state index in [0.717, 1.165) is 41.8 Å². The Labute approximate surface area is 176 Å². The van der Waals surface area contributed by atoms with Crippen LogP contribution in [0.1, 0.15) is 32.6 Å². The van der Waals surface area contributed by atoms with Crippen molar-refractivity contribution in [1.82, 2.24) is 9.97 Å². The number of carboxylic acid groups (broad SMARTS) is 1. The van der Waals surface area contributed by atoms with Crippen molar-refractivity contribution < 1.29 is 19.4 Å². The second kappa shape index (κ2) is 10.4. The molecule has 1 aromatic heterocycles. The van der Waals surface area contributed by atoms with E-state index in [-0.39, 0.29) is 6.42 Å². The number of methoxy groups -OCH3 is 1. The minimum atomic E-state index is -0.765. The number of ether oxygens (including phenoxy) is 2. The smallest absolute Gasteiger partial charge is 0.303 e. The number of para-hydroxylation sites is 1. The molecule has 0 aliphatic heterocycles. The number of hydrogen-bond donors (Lipinski definition) is 1. The van der Waals surface area contributed by atoms with Gasteiger partial charge in [-0.3, -0.25) is 4.79 Å². The van der Waals surface area contributed by atoms with Crippen molar-refractivity contribution in [3.8, 4) is 11.5 Å². The van der Waals surface area contributed by atoms with Crippen LogP contribution in [0.25, 0.3) is 10.9 Å². The van der Waals surface area contributed by atoms with Crippen LogP contribution < -0.4 is 14.4 Å². The molecule has 0 aliphatic rings. The summed E-state index contributed by atoms with van der Waals surface area (Å²) in [6.07, 6.45) is 3.97. The van der Waals surface area contributed by atoms with Crippen LogP contribution in [0.2, 0.25) is 0 Å². The Bertz CT molecular complexity index is 979. The maximum Gasteiger partial charge on any atom is 0.303 e. The van der Waals surface area contributed by atoms with Gasteiger partial charge in [0, 0.05) is 30.1 Å². The van der Waals surface area contributed by atoms with Crippen molar-refractivity contribution in [1.29, 1.82) is 0 Å². The Balaban J connectivity index is 1.85. The molecule has 3 rings (SSSR count). The predicted molar refractivity (Wildman–Crippen MR) is 117 cm³/mol. The Morgan fingerprint density at radius 1 is 1.07 bits per heavy atom. The number of hydrogen-bond acceptors (Lipinski definition) is 6. The summed E-state index contributed by atoms with van der Waals surface area (Å²) in [7, 11) is 1.60. The molecule has 0 fully saturated rings. The highest BCUT2D eigenvalue weighted by atomic mass is 16.5. The van der Waals surface area contributed by atoms with Gasteiger partial charge in [0.05, 0.1) is 19.2 Å². The minimum absolute atomic E-state index is 0.187. The summed E-state index contributed by atoms with van der Waals surface area (Å²) in [5, 5.41) is 9.61. The third kappa shape index (κ3) is 5.17. The molecular weight excluding hydrogens is 382 g/mol. The molecule has 0 unspecified atom stereocenters. The number of anilines is 2. The molecule has 158 valence electrons. The molecule has 7 heteroatoms. The molecule has 0 radical (unpaired) electrons. The highest BCUT2D eigenvalue weighted by Crippen LogP contribution is 2.36. The molecule has 0 saturated carbocycles. The number of carboxylic acids is 1. The summed E-state index contributed by atoms with van der Waals surface area (Å²) in [6, 6.07) is 13.9. The molecule has 0 bridgehead atoms. The van der Waals surface area contributed by atoms with Gasteiger partial charge in [0.15, 0.2) is 11.5 Å². The lowest BCUT2D eigenvalue weighted by Crippen LogP contribution is -2.17. The molecule has 0 amide bonds. The van der Waals surface area contributed by atoms with Crippen LogP contribution in [0.4, 0.5) is 11.5 Å². The van der Waals surface area contributed by atoms with Crippen LogP contribution in [0.3, 0.4) is 0 Å². The van der Waals surface area contributed by atoms with Crippen LogP contribution in [0.5, 0.6) is 11.5 Å². The maximum absolute atomic E-state index is 10.6. The largest absolute Gasteiger partial charge is 0.493 e. The zero-order chi connectivity index (χ0) is 21.3. The summed E-state index contributed by atoms with van der Waals surface area (Å²) in [5.41, 5.74) is 1.83. The molecule has 0 aliphatic carbocycles. The number of rotatable bonds is 11. The van der Waals surface area contributed by atoms with Crippen LogP contribution in [-0.2, 0) is 4.79 Å². The van der Waals surface area contributed by atoms with Gasteiger partial charge in [-0.25, -0.2) is 9.97 Å². The zero-order valence-corrected chi connectivity index (χ0v) is 17.4. The molecule has 1 heterocycles. The SMILES string of the molecule is CCN(c1ccccc1)c1ncnc2cc(OC)c(OCCCCCC(=O)O)cc12. The number of unbranched alkanes of at least 4 members (excludes halogenated alkanes) is 2. The average molecular weight is 409 g/mol. The number of aromatic nitrogens is 2. The van der Waals surface area contributed by atoms with E-state index in [1.807, 2.05) is 30.3 Å². The fourth-order valence-corrected chi connectivity index (χ4v) is 3.34. The van der Waals surface area contributed by atoms with Gasteiger partial charge >= 0.3 is 5.97 Å². The van der Waals surface area contributed by atoms with Crippen LogP contribution >= 0.6 is 0 Å². The molecule has 0 atom stereocenters. The average Bonchev–Trinajstić information content (AvgIpc) is 2.77. The van der Waals surface area contributed by atoms with Gasteiger partial charge in [-0.1, -0.05) is 18.2 Å². The predicted octanol–water partition coefficient (Wildman–Crippen LogP) is 4.82. The lowest BCUT2D eigenvalue weighted by Gasteiger charge is -2.23. The van der Waals surface area contributed by atoms with Gasteiger partial charge < -0.3 is 19.5 Å². The van der Waals surface area contributed by atoms with Crippen molar-refractivity contribution in [3.63, 3.8) is 0 Å². The monoisotopic (exact) mass is 409 g/mol. The normalized spacial score (nSPS) is 10.7. The molecule has 30 heavy (non-hydrogen) atoms. The first-order valence-corrected chi connectivity index (χ1v) is 10.1. The van der Waals surface area contributed by atoms with E-state index in [1.54, 1.807) is 13.4 Å². The second-order valence-electron chi connectivity index (χ2n) is 6.85. The second-order valence-corrected chi connectivity index (χ2v) is 6.85. The maximum atomic E-state index is 10.6. The van der Waals surface area contributed by atoms with Gasteiger partial charge in [-0.2, -0.15) is 0 Å². The Kier molecular flexibility index (Phi) is 7.43. The van der Waals surface area contributed by atoms with Gasteiger partial charge in [-0.05, 0) is 44.4 Å². The highest BCUT2D eigenvalue weighted by molar-refractivity contribution is 5.93. The van der Waals surface area contributed by atoms with E-state index >= 15 is 0 Å². The summed E-state index contributed by atoms with van der Waals surface area (Å²) < 4.78 is 11.5. The number of benzene rings is 2. The first-order valence-electron chi connectivity index (χ1n) is 10.1. The van der Waals surface area contributed by atoms with E-state index in [1.165, 1.54) is 0 Å². The summed E-state index contributed by atoms with van der Waals surface area (Å²) in [4.78, 5) is 21.7. The lowest BCUT2D eigenvalue weighted by atomic mass is 10.1. The zero-order valence-electron chi connectivity index (χ0n) is 17.4. The molecule has 0 spiro atoms. The fraction of sp³-hybridized carbons (Fsp3) is 0.348. The Morgan fingerprint density at radius 2 is 1.87 bits per heavy atom. The van der Waals surface area contributed by atoms with Crippen molar-refractivity contribution in [2.24, 2.45) is 0 Å². The van der Waals surface area contributed by atoms with Crippen molar-refractivity contribution in [3.05, 3.63) is 48.8 Å². The van der Waals surface area contributed by atoms with Crippen LogP contribution in [-0.4, -0.2) is 41.3 Å². The summed E-state index contributed by atoms with van der Waals surface area (Å²) in [5.74, 6) is 1.28. The Hall–Kier alpha value is -3.35. The number of carbonyl (C=O) groups is 1. The van der Waals surface area contributed by atoms with E-state index in [9.17, 15) is 4.79 Å². The quantitative estimate of drug-likeness (QED) is 0.454. The van der Waals surface area contributed by atoms with Crippen molar-refractivity contribution >= 4 is 28.4 Å². The van der Waals surface area contributed by atoms with E-state index in [0.29, 0.717) is 24.5 Å². The van der Waals surface area contributed by atoms with Crippen molar-refractivity contribution in [2.75, 3.05) is 25.2 Å². The summed E-state index contributed by atoms with van der Waals surface area (Å²) >= 11 is 0. The first-order chi connectivity index (χ1) is 14.6. The van der Waals surface area contributed by atoms with E-state index in [4.69, 9.17) is 14.6 Å². The lowest BCUT2D eigenvalue weighted by molar-refractivity contribution is -0.137. The third-order valence-electron chi connectivity index (χ3n) is 4.83. The number of fused-ring (bicyclic) bond motifs is 1. The van der Waals surface area contributed by atoms with Crippen molar-refractivity contribution in [2.45, 2.75) is 32.6 Å². The fourth-order valence-electron chi connectivity index (χ4n) is 3.34. The van der Waals surface area contributed by atoms with Gasteiger partial charge in [-0.15, -0.1) is 0 Å². The van der Waals surface area contributed by atoms with Crippen LogP contribution in [0, 0.1) is 0 Å². The topological polar surface area (TPSA) is 84.8 Å². The third-order valence-corrected chi connectivity index (χ3v) is 4.83. The number of nitrogens with zero attached hydrogens (tertiary/aromatic N) is 3. The minimum Gasteiger partial charge on any atom is -0.493 e. The molecule has 2 aromatic carbocycles. The molecule has 3 aromatic rings. The summed E-state index contributed by atoms with van der Waals surface area (Å²) in [6.45, 7) is 3.32. The number of aliphatic carboxylic acids is 1.